The molecule has 3 heterocycles. The first-order valence-electron chi connectivity index (χ1n) is 11.1. The molecule has 1 amide bonds. The molecule has 1 unspecified atom stereocenters. The highest BCUT2D eigenvalue weighted by Crippen LogP contribution is 2.30. The molecule has 1 N–H and O–H groups in total. The van der Waals surface area contributed by atoms with Crippen molar-refractivity contribution >= 4 is 22.6 Å². The number of anilines is 1. The van der Waals surface area contributed by atoms with Gasteiger partial charge in [-0.25, -0.2) is 9.18 Å². The van der Waals surface area contributed by atoms with E-state index in [1.165, 1.54) is 25.1 Å². The van der Waals surface area contributed by atoms with Gasteiger partial charge in [-0.2, -0.15) is 4.98 Å². The number of carbonyl (C=O) groups is 1. The zero-order valence-corrected chi connectivity index (χ0v) is 18.6. The standard InChI is InChI=1S/C25H23FN4O4/c1-15(31)27-20-7-8-21-18(11-23(32)33-22(21)12-20)14-30-9-3-5-17(13-30)25-28-24(29-34-25)16-4-2-6-19(26)10-16/h2,4,6-8,10-12,17H,3,5,9,13-14H2,1H3,(H,27,31). The molecule has 0 aliphatic carbocycles. The molecule has 8 nitrogen and oxygen atoms in total. The Morgan fingerprint density at radius 2 is 2.12 bits per heavy atom. The second kappa shape index (κ2) is 9.18. The van der Waals surface area contributed by atoms with Gasteiger partial charge in [-0.15, -0.1) is 0 Å². The lowest BCUT2D eigenvalue weighted by molar-refractivity contribution is -0.114. The summed E-state index contributed by atoms with van der Waals surface area (Å²) in [4.78, 5) is 30.3. The molecule has 1 atom stereocenters. The zero-order chi connectivity index (χ0) is 23.7. The third-order valence-corrected chi connectivity index (χ3v) is 5.92. The first-order chi connectivity index (χ1) is 16.4. The number of nitrogens with zero attached hydrogens (tertiary/aromatic N) is 3. The van der Waals surface area contributed by atoms with E-state index in [0.717, 1.165) is 30.3 Å². The largest absolute Gasteiger partial charge is 0.423 e. The molecule has 2 aromatic heterocycles. The van der Waals surface area contributed by atoms with Crippen LogP contribution in [0.15, 0.2) is 62.3 Å². The molecule has 0 saturated carbocycles. The Labute approximate surface area is 194 Å². The van der Waals surface area contributed by atoms with E-state index < -0.39 is 5.63 Å². The minimum absolute atomic E-state index is 0.0429. The van der Waals surface area contributed by atoms with E-state index >= 15 is 0 Å². The summed E-state index contributed by atoms with van der Waals surface area (Å²) in [6.07, 6.45) is 1.84. The summed E-state index contributed by atoms with van der Waals surface area (Å²) in [5, 5.41) is 7.56. The van der Waals surface area contributed by atoms with Gasteiger partial charge in [0.25, 0.3) is 0 Å². The fourth-order valence-electron chi connectivity index (χ4n) is 4.43. The number of rotatable bonds is 5. The Balaban J connectivity index is 1.35. The summed E-state index contributed by atoms with van der Waals surface area (Å²) in [5.41, 5.74) is 1.99. The molecule has 0 radical (unpaired) electrons. The highest BCUT2D eigenvalue weighted by Gasteiger charge is 2.27. The van der Waals surface area contributed by atoms with E-state index in [9.17, 15) is 14.0 Å². The first-order valence-corrected chi connectivity index (χ1v) is 11.1. The molecular weight excluding hydrogens is 439 g/mol. The maximum absolute atomic E-state index is 13.5. The Hall–Kier alpha value is -3.85. The lowest BCUT2D eigenvalue weighted by Gasteiger charge is -2.31. The van der Waals surface area contributed by atoms with E-state index in [4.69, 9.17) is 8.94 Å². The number of halogens is 1. The third kappa shape index (κ3) is 4.74. The molecule has 1 fully saturated rings. The van der Waals surface area contributed by atoms with Gasteiger partial charge in [-0.3, -0.25) is 9.69 Å². The SMILES string of the molecule is CC(=O)Nc1ccc2c(CN3CCCC(c4nc(-c5cccc(F)c5)no4)C3)cc(=O)oc2c1. The summed E-state index contributed by atoms with van der Waals surface area (Å²) >= 11 is 0. The minimum atomic E-state index is -0.437. The smallest absolute Gasteiger partial charge is 0.336 e. The molecule has 0 spiro atoms. The number of fused-ring (bicyclic) bond motifs is 1. The summed E-state index contributed by atoms with van der Waals surface area (Å²) in [6, 6.07) is 12.9. The van der Waals surface area contributed by atoms with Gasteiger partial charge in [0.1, 0.15) is 11.4 Å². The lowest BCUT2D eigenvalue weighted by Crippen LogP contribution is -2.34. The molecule has 2 aromatic carbocycles. The van der Waals surface area contributed by atoms with Gasteiger partial charge in [0.15, 0.2) is 0 Å². The van der Waals surface area contributed by atoms with Crippen molar-refractivity contribution < 1.29 is 18.1 Å². The van der Waals surface area contributed by atoms with Crippen LogP contribution in [0, 0.1) is 5.82 Å². The molecule has 5 rings (SSSR count). The Morgan fingerprint density at radius 1 is 1.24 bits per heavy atom. The fourth-order valence-corrected chi connectivity index (χ4v) is 4.43. The predicted molar refractivity (Wildman–Crippen MR) is 124 cm³/mol. The normalized spacial score (nSPS) is 16.6. The third-order valence-electron chi connectivity index (χ3n) is 5.92. The van der Waals surface area contributed by atoms with Gasteiger partial charge < -0.3 is 14.3 Å². The molecule has 4 aromatic rings. The zero-order valence-electron chi connectivity index (χ0n) is 18.6. The van der Waals surface area contributed by atoms with Gasteiger partial charge in [0, 0.05) is 48.8 Å². The average Bonchev–Trinajstić information content (AvgIpc) is 3.29. The van der Waals surface area contributed by atoms with Crippen molar-refractivity contribution in [2.45, 2.75) is 32.2 Å². The number of likely N-dealkylation sites (tertiary alicyclic amines) is 1. The van der Waals surface area contributed by atoms with Crippen LogP contribution >= 0.6 is 0 Å². The first kappa shape index (κ1) is 22.0. The second-order valence-electron chi connectivity index (χ2n) is 8.52. The van der Waals surface area contributed by atoms with Crippen LogP contribution in [0.2, 0.25) is 0 Å². The Morgan fingerprint density at radius 3 is 2.94 bits per heavy atom. The summed E-state index contributed by atoms with van der Waals surface area (Å²) < 4.78 is 24.4. The quantitative estimate of drug-likeness (QED) is 0.441. The second-order valence-corrected chi connectivity index (χ2v) is 8.52. The van der Waals surface area contributed by atoms with Gasteiger partial charge in [-0.05, 0) is 49.2 Å². The van der Waals surface area contributed by atoms with Gasteiger partial charge >= 0.3 is 5.63 Å². The number of carbonyl (C=O) groups excluding carboxylic acids is 1. The summed E-state index contributed by atoms with van der Waals surface area (Å²) in [6.45, 7) is 3.54. The maximum atomic E-state index is 13.5. The van der Waals surface area contributed by atoms with Crippen molar-refractivity contribution in [3.8, 4) is 11.4 Å². The van der Waals surface area contributed by atoms with Gasteiger partial charge in [0.2, 0.25) is 17.6 Å². The van der Waals surface area contributed by atoms with Crippen molar-refractivity contribution in [1.82, 2.24) is 15.0 Å². The number of aromatic nitrogens is 2. The number of nitrogens with one attached hydrogen (secondary N) is 1. The molecule has 0 bridgehead atoms. The van der Waals surface area contributed by atoms with E-state index in [1.54, 1.807) is 24.3 Å². The lowest BCUT2D eigenvalue weighted by atomic mass is 9.97. The molecule has 1 aliphatic rings. The van der Waals surface area contributed by atoms with Crippen LogP contribution in [0.3, 0.4) is 0 Å². The summed E-state index contributed by atoms with van der Waals surface area (Å²) in [5.74, 6) is 0.395. The number of hydrogen-bond acceptors (Lipinski definition) is 7. The van der Waals surface area contributed by atoms with Crippen molar-refractivity contribution in [3.63, 3.8) is 0 Å². The fraction of sp³-hybridized carbons (Fsp3) is 0.280. The highest BCUT2D eigenvalue weighted by atomic mass is 19.1. The monoisotopic (exact) mass is 462 g/mol. The van der Waals surface area contributed by atoms with E-state index in [2.05, 4.69) is 20.4 Å². The topological polar surface area (TPSA) is 101 Å². The van der Waals surface area contributed by atoms with Crippen LogP contribution < -0.4 is 10.9 Å². The average molecular weight is 462 g/mol. The maximum Gasteiger partial charge on any atom is 0.336 e. The predicted octanol–water partition coefficient (Wildman–Crippen LogP) is 4.32. The van der Waals surface area contributed by atoms with Crippen molar-refractivity contribution in [2.24, 2.45) is 0 Å². The molecule has 174 valence electrons. The van der Waals surface area contributed by atoms with Crippen molar-refractivity contribution in [1.29, 1.82) is 0 Å². The van der Waals surface area contributed by atoms with E-state index in [1.807, 2.05) is 6.07 Å². The summed E-state index contributed by atoms with van der Waals surface area (Å²) in [7, 11) is 0. The highest BCUT2D eigenvalue weighted by molar-refractivity contribution is 5.92. The van der Waals surface area contributed by atoms with Crippen molar-refractivity contribution in [2.75, 3.05) is 18.4 Å². The van der Waals surface area contributed by atoms with Crippen LogP contribution in [0.4, 0.5) is 10.1 Å². The van der Waals surface area contributed by atoms with E-state index in [-0.39, 0.29) is 17.6 Å². The van der Waals surface area contributed by atoms with Crippen LogP contribution in [0.5, 0.6) is 0 Å². The molecule has 1 aliphatic heterocycles. The molecule has 9 heteroatoms. The van der Waals surface area contributed by atoms with E-state index in [0.29, 0.717) is 41.6 Å². The molecular formula is C25H23FN4O4. The van der Waals surface area contributed by atoms with Gasteiger partial charge in [0.05, 0.1) is 5.92 Å². The molecule has 34 heavy (non-hydrogen) atoms. The van der Waals surface area contributed by atoms with Crippen LogP contribution in [-0.4, -0.2) is 34.0 Å². The number of piperidine rings is 1. The van der Waals surface area contributed by atoms with Gasteiger partial charge in [-0.1, -0.05) is 17.3 Å². The Kier molecular flexibility index (Phi) is 5.93. The molecule has 1 saturated heterocycles. The van der Waals surface area contributed by atoms with Crippen LogP contribution in [-0.2, 0) is 11.3 Å². The minimum Gasteiger partial charge on any atom is -0.423 e. The number of hydrogen-bond donors (Lipinski definition) is 1. The van der Waals surface area contributed by atoms with Crippen molar-refractivity contribution in [3.05, 3.63) is 76.2 Å². The number of benzene rings is 2. The van der Waals surface area contributed by atoms with Crippen LogP contribution in [0.1, 0.15) is 37.1 Å². The Bertz CT molecular complexity index is 1410. The number of amides is 1. The van der Waals surface area contributed by atoms with Crippen LogP contribution in [0.25, 0.3) is 22.4 Å².